The van der Waals surface area contributed by atoms with Crippen LogP contribution >= 0.6 is 0 Å². The molecule has 4 nitrogen and oxygen atoms in total. The molecule has 0 bridgehead atoms. The van der Waals surface area contributed by atoms with Gasteiger partial charge in [0.05, 0.1) is 13.1 Å². The summed E-state index contributed by atoms with van der Waals surface area (Å²) in [5.74, 6) is 5.74. The molecule has 0 N–H and O–H groups in total. The maximum absolute atomic E-state index is 11.4. The van der Waals surface area contributed by atoms with Crippen molar-refractivity contribution >= 4 is 0 Å². The molecule has 2 heterocycles. The van der Waals surface area contributed by atoms with Crippen molar-refractivity contribution in [2.45, 2.75) is 13.1 Å². The van der Waals surface area contributed by atoms with E-state index >= 15 is 0 Å². The van der Waals surface area contributed by atoms with Gasteiger partial charge in [-0.2, -0.15) is 0 Å². The van der Waals surface area contributed by atoms with Gasteiger partial charge in [0.1, 0.15) is 0 Å². The van der Waals surface area contributed by atoms with E-state index in [0.29, 0.717) is 13.1 Å². The molecule has 2 aromatic rings. The van der Waals surface area contributed by atoms with Crippen LogP contribution in [0.5, 0.6) is 0 Å². The van der Waals surface area contributed by atoms with E-state index in [2.05, 4.69) is 11.8 Å². The Morgan fingerprint density at radius 2 is 1.22 bits per heavy atom. The van der Waals surface area contributed by atoms with Gasteiger partial charge in [-0.05, 0) is 12.1 Å². The number of hydrogen-bond acceptors (Lipinski definition) is 2. The number of nitrogens with zero attached hydrogens (tertiary/aromatic N) is 2. The van der Waals surface area contributed by atoms with Crippen molar-refractivity contribution in [2.75, 3.05) is 0 Å². The number of pyridine rings is 2. The summed E-state index contributed by atoms with van der Waals surface area (Å²) >= 11 is 0. The van der Waals surface area contributed by atoms with Crippen molar-refractivity contribution in [1.82, 2.24) is 9.13 Å². The fourth-order valence-electron chi connectivity index (χ4n) is 1.46. The van der Waals surface area contributed by atoms with Gasteiger partial charge in [-0.1, -0.05) is 24.0 Å². The second-order valence-corrected chi connectivity index (χ2v) is 3.69. The summed E-state index contributed by atoms with van der Waals surface area (Å²) in [7, 11) is 0. The molecular weight excluding hydrogens is 228 g/mol. The van der Waals surface area contributed by atoms with Gasteiger partial charge in [0, 0.05) is 24.5 Å². The summed E-state index contributed by atoms with van der Waals surface area (Å²) in [4.78, 5) is 22.8. The Bertz CT molecular complexity index is 642. The van der Waals surface area contributed by atoms with Crippen LogP contribution in [0, 0.1) is 11.8 Å². The lowest BCUT2D eigenvalue weighted by molar-refractivity contribution is 0.779. The van der Waals surface area contributed by atoms with E-state index < -0.39 is 0 Å². The monoisotopic (exact) mass is 240 g/mol. The zero-order valence-corrected chi connectivity index (χ0v) is 9.74. The highest BCUT2D eigenvalue weighted by molar-refractivity contribution is 5.04. The van der Waals surface area contributed by atoms with Crippen LogP contribution in [0.15, 0.2) is 58.4 Å². The summed E-state index contributed by atoms with van der Waals surface area (Å²) in [6.07, 6.45) is 3.37. The van der Waals surface area contributed by atoms with Gasteiger partial charge in [-0.15, -0.1) is 0 Å². The molecule has 18 heavy (non-hydrogen) atoms. The van der Waals surface area contributed by atoms with E-state index in [1.54, 1.807) is 36.7 Å². The van der Waals surface area contributed by atoms with Gasteiger partial charge in [0.2, 0.25) is 0 Å². The molecule has 0 spiro atoms. The van der Waals surface area contributed by atoms with Crippen LogP contribution in [0.25, 0.3) is 0 Å². The van der Waals surface area contributed by atoms with Gasteiger partial charge < -0.3 is 9.13 Å². The Morgan fingerprint density at radius 1 is 0.778 bits per heavy atom. The van der Waals surface area contributed by atoms with E-state index in [4.69, 9.17) is 0 Å². The van der Waals surface area contributed by atoms with E-state index in [-0.39, 0.29) is 11.1 Å². The van der Waals surface area contributed by atoms with Gasteiger partial charge in [-0.3, -0.25) is 9.59 Å². The standard InChI is InChI=1S/C14H12N2O2/c17-13-7-1-3-9-15(13)11-5-6-12-16-10-4-2-8-14(16)18/h1-4,7-10H,11-12H2. The zero-order valence-electron chi connectivity index (χ0n) is 9.74. The third-order valence-electron chi connectivity index (χ3n) is 2.42. The number of aromatic nitrogens is 2. The normalized spacial score (nSPS) is 9.56. The highest BCUT2D eigenvalue weighted by Gasteiger charge is 1.90. The summed E-state index contributed by atoms with van der Waals surface area (Å²) < 4.78 is 3.03. The predicted molar refractivity (Wildman–Crippen MR) is 69.2 cm³/mol. The Labute approximate surface area is 104 Å². The lowest BCUT2D eigenvalue weighted by Gasteiger charge is -1.98. The van der Waals surface area contributed by atoms with Crippen molar-refractivity contribution in [3.8, 4) is 11.8 Å². The Kier molecular flexibility index (Phi) is 3.77. The molecular formula is C14H12N2O2. The summed E-state index contributed by atoms with van der Waals surface area (Å²) in [5, 5.41) is 0. The molecule has 0 aromatic carbocycles. The minimum absolute atomic E-state index is 0.0799. The minimum Gasteiger partial charge on any atom is -0.304 e. The molecule has 0 saturated carbocycles. The number of hydrogen-bond donors (Lipinski definition) is 0. The Morgan fingerprint density at radius 3 is 1.61 bits per heavy atom. The largest absolute Gasteiger partial charge is 0.304 e. The first kappa shape index (κ1) is 11.9. The predicted octanol–water partition coefficient (Wildman–Crippen LogP) is 0.714. The van der Waals surface area contributed by atoms with Crippen molar-refractivity contribution in [3.63, 3.8) is 0 Å². The van der Waals surface area contributed by atoms with Crippen molar-refractivity contribution in [2.24, 2.45) is 0 Å². The molecule has 0 unspecified atom stereocenters. The smallest absolute Gasteiger partial charge is 0.251 e. The lowest BCUT2D eigenvalue weighted by Crippen LogP contribution is -2.18. The summed E-state index contributed by atoms with van der Waals surface area (Å²) in [6.45, 7) is 0.669. The first-order valence-corrected chi connectivity index (χ1v) is 5.54. The molecule has 0 aliphatic rings. The van der Waals surface area contributed by atoms with E-state index in [0.717, 1.165) is 0 Å². The average Bonchev–Trinajstić information content (AvgIpc) is 2.38. The fourth-order valence-corrected chi connectivity index (χ4v) is 1.46. The molecule has 2 rings (SSSR count). The van der Waals surface area contributed by atoms with Crippen molar-refractivity contribution < 1.29 is 0 Å². The van der Waals surface area contributed by atoms with Crippen molar-refractivity contribution in [1.29, 1.82) is 0 Å². The highest BCUT2D eigenvalue weighted by atomic mass is 16.1. The summed E-state index contributed by atoms with van der Waals surface area (Å²) in [6, 6.07) is 9.92. The second-order valence-electron chi connectivity index (χ2n) is 3.69. The lowest BCUT2D eigenvalue weighted by atomic mass is 10.4. The van der Waals surface area contributed by atoms with Gasteiger partial charge in [0.25, 0.3) is 11.1 Å². The minimum atomic E-state index is -0.0799. The molecule has 90 valence electrons. The Hall–Kier alpha value is -2.54. The van der Waals surface area contributed by atoms with Crippen LogP contribution in [-0.2, 0) is 13.1 Å². The van der Waals surface area contributed by atoms with Gasteiger partial charge in [-0.25, -0.2) is 0 Å². The average molecular weight is 240 g/mol. The van der Waals surface area contributed by atoms with Gasteiger partial charge >= 0.3 is 0 Å². The molecule has 0 atom stereocenters. The quantitative estimate of drug-likeness (QED) is 0.726. The van der Waals surface area contributed by atoms with Crippen LogP contribution in [-0.4, -0.2) is 9.13 Å². The van der Waals surface area contributed by atoms with Crippen LogP contribution in [0.4, 0.5) is 0 Å². The maximum atomic E-state index is 11.4. The SMILES string of the molecule is O=c1ccccn1CC#CCn1ccccc1=O. The number of rotatable bonds is 2. The van der Waals surface area contributed by atoms with Crippen LogP contribution in [0.1, 0.15) is 0 Å². The molecule has 0 radical (unpaired) electrons. The Balaban J connectivity index is 2.03. The van der Waals surface area contributed by atoms with Crippen LogP contribution < -0.4 is 11.1 Å². The maximum Gasteiger partial charge on any atom is 0.251 e. The molecule has 0 amide bonds. The second kappa shape index (κ2) is 5.69. The first-order chi connectivity index (χ1) is 8.77. The third-order valence-corrected chi connectivity index (χ3v) is 2.42. The van der Waals surface area contributed by atoms with E-state index in [1.165, 1.54) is 21.3 Å². The topological polar surface area (TPSA) is 44.0 Å². The molecule has 0 aliphatic carbocycles. The first-order valence-electron chi connectivity index (χ1n) is 5.54. The molecule has 2 aromatic heterocycles. The van der Waals surface area contributed by atoms with Crippen LogP contribution in [0.3, 0.4) is 0 Å². The third kappa shape index (κ3) is 2.98. The molecule has 0 aliphatic heterocycles. The van der Waals surface area contributed by atoms with E-state index in [9.17, 15) is 9.59 Å². The zero-order chi connectivity index (χ0) is 12.8. The van der Waals surface area contributed by atoms with Gasteiger partial charge in [0.15, 0.2) is 0 Å². The highest BCUT2D eigenvalue weighted by Crippen LogP contribution is 1.82. The molecule has 0 saturated heterocycles. The molecule has 4 heteroatoms. The van der Waals surface area contributed by atoms with Crippen LogP contribution in [0.2, 0.25) is 0 Å². The summed E-state index contributed by atoms with van der Waals surface area (Å²) in [5.41, 5.74) is -0.160. The fraction of sp³-hybridized carbons (Fsp3) is 0.143. The van der Waals surface area contributed by atoms with Crippen molar-refractivity contribution in [3.05, 3.63) is 69.5 Å². The van der Waals surface area contributed by atoms with E-state index in [1.807, 2.05) is 0 Å². The molecule has 0 fully saturated rings.